The van der Waals surface area contributed by atoms with Crippen LogP contribution in [0.3, 0.4) is 0 Å². The second kappa shape index (κ2) is 7.43. The number of hydrogen-bond acceptors (Lipinski definition) is 3. The molecule has 1 atom stereocenters. The first-order valence-corrected chi connectivity index (χ1v) is 9.65. The van der Waals surface area contributed by atoms with Gasteiger partial charge in [-0.25, -0.2) is 0 Å². The fraction of sp³-hybridized carbons (Fsp3) is 0.364. The van der Waals surface area contributed by atoms with Gasteiger partial charge in [0.05, 0.1) is 0 Å². The van der Waals surface area contributed by atoms with Crippen LogP contribution in [-0.2, 0) is 16.0 Å². The lowest BCUT2D eigenvalue weighted by Crippen LogP contribution is -2.36. The monoisotopic (exact) mass is 363 g/mol. The quantitative estimate of drug-likeness (QED) is 0.906. The largest absolute Gasteiger partial charge is 0.370 e. The fourth-order valence-corrected chi connectivity index (χ4v) is 4.04. The smallest absolute Gasteiger partial charge is 0.249 e. The number of fused-ring (bicyclic) bond motifs is 1. The Morgan fingerprint density at radius 1 is 1.00 bits per heavy atom. The molecule has 5 nitrogen and oxygen atoms in total. The van der Waals surface area contributed by atoms with Crippen molar-refractivity contribution in [3.05, 3.63) is 59.7 Å². The average molecular weight is 363 g/mol. The van der Waals surface area contributed by atoms with Crippen LogP contribution in [0.15, 0.2) is 48.5 Å². The maximum Gasteiger partial charge on any atom is 0.249 e. The minimum Gasteiger partial charge on any atom is -0.370 e. The number of likely N-dealkylation sites (tertiary alicyclic amines) is 1. The molecule has 0 aliphatic carbocycles. The first-order chi connectivity index (χ1) is 13.1. The molecule has 1 N–H and O–H groups in total. The first-order valence-electron chi connectivity index (χ1n) is 9.65. The van der Waals surface area contributed by atoms with Crippen molar-refractivity contribution in [1.29, 1.82) is 0 Å². The van der Waals surface area contributed by atoms with E-state index in [1.54, 1.807) is 6.92 Å². The lowest BCUT2D eigenvalue weighted by Gasteiger charge is -2.25. The molecule has 0 saturated carbocycles. The van der Waals surface area contributed by atoms with Gasteiger partial charge in [0.15, 0.2) is 0 Å². The molecule has 2 aromatic carbocycles. The number of carbonyl (C=O) groups excluding carboxylic acids is 2. The average Bonchev–Trinajstić information content (AvgIpc) is 3.35. The second-order valence-corrected chi connectivity index (χ2v) is 7.28. The lowest BCUT2D eigenvalue weighted by molar-refractivity contribution is -0.131. The van der Waals surface area contributed by atoms with E-state index in [9.17, 15) is 9.59 Å². The third kappa shape index (κ3) is 3.54. The molecule has 140 valence electrons. The molecule has 0 spiro atoms. The Morgan fingerprint density at radius 3 is 2.44 bits per heavy atom. The van der Waals surface area contributed by atoms with E-state index in [2.05, 4.69) is 11.4 Å². The van der Waals surface area contributed by atoms with Gasteiger partial charge in [-0.1, -0.05) is 30.3 Å². The second-order valence-electron chi connectivity index (χ2n) is 7.28. The van der Waals surface area contributed by atoms with Gasteiger partial charge >= 0.3 is 0 Å². The van der Waals surface area contributed by atoms with E-state index >= 15 is 0 Å². The number of nitrogens with zero attached hydrogens (tertiary/aromatic N) is 2. The van der Waals surface area contributed by atoms with Crippen LogP contribution in [0.2, 0.25) is 0 Å². The predicted molar refractivity (Wildman–Crippen MR) is 107 cm³/mol. The van der Waals surface area contributed by atoms with Crippen LogP contribution < -0.4 is 10.2 Å². The van der Waals surface area contributed by atoms with E-state index in [0.29, 0.717) is 0 Å². The SMILES string of the molecule is CC(=O)N1CCc2cc(NC(C(=O)N3CCCC3)c3ccccc3)ccc21. The summed E-state index contributed by atoms with van der Waals surface area (Å²) in [7, 11) is 0. The maximum atomic E-state index is 13.1. The lowest BCUT2D eigenvalue weighted by atomic mass is 10.0. The molecule has 0 radical (unpaired) electrons. The first kappa shape index (κ1) is 17.6. The van der Waals surface area contributed by atoms with Gasteiger partial charge in [-0.2, -0.15) is 0 Å². The fourth-order valence-electron chi connectivity index (χ4n) is 4.04. The summed E-state index contributed by atoms with van der Waals surface area (Å²) >= 11 is 0. The molecule has 5 heteroatoms. The molecule has 2 aliphatic heterocycles. The Hall–Kier alpha value is -2.82. The van der Waals surface area contributed by atoms with Crippen LogP contribution in [0.1, 0.15) is 36.9 Å². The zero-order chi connectivity index (χ0) is 18.8. The summed E-state index contributed by atoms with van der Waals surface area (Å²) in [6.45, 7) is 3.99. The summed E-state index contributed by atoms with van der Waals surface area (Å²) in [6.07, 6.45) is 3.00. The Labute approximate surface area is 160 Å². The molecule has 1 saturated heterocycles. The van der Waals surface area contributed by atoms with E-state index < -0.39 is 6.04 Å². The molecule has 2 aliphatic rings. The number of rotatable bonds is 4. The van der Waals surface area contributed by atoms with E-state index in [1.165, 1.54) is 0 Å². The number of amides is 2. The van der Waals surface area contributed by atoms with Crippen LogP contribution in [0, 0.1) is 0 Å². The Kier molecular flexibility index (Phi) is 4.84. The zero-order valence-corrected chi connectivity index (χ0v) is 15.6. The van der Waals surface area contributed by atoms with Crippen molar-refractivity contribution < 1.29 is 9.59 Å². The number of carbonyl (C=O) groups is 2. The molecule has 2 heterocycles. The van der Waals surface area contributed by atoms with E-state index in [0.717, 1.165) is 61.4 Å². The Bertz CT molecular complexity index is 844. The third-order valence-electron chi connectivity index (χ3n) is 5.46. The van der Waals surface area contributed by atoms with Gasteiger partial charge in [0, 0.05) is 37.9 Å². The van der Waals surface area contributed by atoms with Crippen molar-refractivity contribution in [2.45, 2.75) is 32.2 Å². The van der Waals surface area contributed by atoms with Crippen molar-refractivity contribution >= 4 is 23.2 Å². The highest BCUT2D eigenvalue weighted by molar-refractivity contribution is 5.94. The molecule has 0 bridgehead atoms. The molecule has 2 aromatic rings. The Morgan fingerprint density at radius 2 is 1.74 bits per heavy atom. The molecule has 1 unspecified atom stereocenters. The molecule has 27 heavy (non-hydrogen) atoms. The van der Waals surface area contributed by atoms with Gasteiger partial charge in [-0.3, -0.25) is 9.59 Å². The van der Waals surface area contributed by atoms with E-state index in [1.807, 2.05) is 52.3 Å². The minimum atomic E-state index is -0.396. The number of nitrogens with one attached hydrogen (secondary N) is 1. The maximum absolute atomic E-state index is 13.1. The summed E-state index contributed by atoms with van der Waals surface area (Å²) in [6, 6.07) is 15.5. The number of anilines is 2. The van der Waals surface area contributed by atoms with Crippen molar-refractivity contribution in [1.82, 2.24) is 4.90 Å². The molecular formula is C22H25N3O2. The third-order valence-corrected chi connectivity index (χ3v) is 5.46. The molecule has 1 fully saturated rings. The number of benzene rings is 2. The van der Waals surface area contributed by atoms with Gasteiger partial charge < -0.3 is 15.1 Å². The van der Waals surface area contributed by atoms with Crippen molar-refractivity contribution in [3.63, 3.8) is 0 Å². The predicted octanol–water partition coefficient (Wildman–Crippen LogP) is 3.37. The van der Waals surface area contributed by atoms with Crippen LogP contribution in [0.5, 0.6) is 0 Å². The van der Waals surface area contributed by atoms with Crippen molar-refractivity contribution in [2.75, 3.05) is 29.9 Å². The molecular weight excluding hydrogens is 338 g/mol. The molecule has 4 rings (SSSR count). The van der Waals surface area contributed by atoms with Crippen LogP contribution in [0.4, 0.5) is 11.4 Å². The van der Waals surface area contributed by atoms with Crippen molar-refractivity contribution in [2.24, 2.45) is 0 Å². The van der Waals surface area contributed by atoms with Gasteiger partial charge in [-0.15, -0.1) is 0 Å². The van der Waals surface area contributed by atoms with Gasteiger partial charge in [0.25, 0.3) is 0 Å². The normalized spacial score (nSPS) is 16.9. The standard InChI is InChI=1S/C22H25N3O2/c1-16(26)25-14-11-18-15-19(9-10-20(18)25)23-21(17-7-3-2-4-8-17)22(27)24-12-5-6-13-24/h2-4,7-10,15,21,23H,5-6,11-14H2,1H3. The molecule has 0 aromatic heterocycles. The van der Waals surface area contributed by atoms with Gasteiger partial charge in [-0.05, 0) is 48.6 Å². The van der Waals surface area contributed by atoms with Crippen molar-refractivity contribution in [3.8, 4) is 0 Å². The summed E-state index contributed by atoms with van der Waals surface area (Å²) in [5, 5.41) is 3.45. The highest BCUT2D eigenvalue weighted by Gasteiger charge is 2.28. The van der Waals surface area contributed by atoms with Crippen LogP contribution >= 0.6 is 0 Å². The van der Waals surface area contributed by atoms with Crippen LogP contribution in [0.25, 0.3) is 0 Å². The molecule has 2 amide bonds. The van der Waals surface area contributed by atoms with Crippen LogP contribution in [-0.4, -0.2) is 36.3 Å². The van der Waals surface area contributed by atoms with E-state index in [-0.39, 0.29) is 11.8 Å². The highest BCUT2D eigenvalue weighted by atomic mass is 16.2. The van der Waals surface area contributed by atoms with E-state index in [4.69, 9.17) is 0 Å². The Balaban J connectivity index is 1.60. The summed E-state index contributed by atoms with van der Waals surface area (Å²) in [5.41, 5.74) is 4.02. The highest BCUT2D eigenvalue weighted by Crippen LogP contribution is 2.32. The topological polar surface area (TPSA) is 52.7 Å². The summed E-state index contributed by atoms with van der Waals surface area (Å²) in [4.78, 5) is 28.7. The van der Waals surface area contributed by atoms with Gasteiger partial charge in [0.2, 0.25) is 11.8 Å². The summed E-state index contributed by atoms with van der Waals surface area (Å²) < 4.78 is 0. The minimum absolute atomic E-state index is 0.0702. The van der Waals surface area contributed by atoms with Gasteiger partial charge in [0.1, 0.15) is 6.04 Å². The zero-order valence-electron chi connectivity index (χ0n) is 15.6. The summed E-state index contributed by atoms with van der Waals surface area (Å²) in [5.74, 6) is 0.199. The number of hydrogen-bond donors (Lipinski definition) is 1.